The molecular formula is C12H18N2O. The minimum atomic E-state index is 0.261. The first-order valence-corrected chi connectivity index (χ1v) is 5.50. The van der Waals surface area contributed by atoms with Gasteiger partial charge in [-0.2, -0.15) is 0 Å². The van der Waals surface area contributed by atoms with Gasteiger partial charge in [0.05, 0.1) is 6.10 Å². The molecule has 0 radical (unpaired) electrons. The standard InChI is InChI=1S/C12H18N2O/c13-15-12-6-8-14(9-7-12)10-11-4-2-1-3-5-11/h1-5,12H,6-10,13H2. The molecular weight excluding hydrogens is 188 g/mol. The fourth-order valence-corrected chi connectivity index (χ4v) is 2.05. The highest BCUT2D eigenvalue weighted by molar-refractivity contribution is 5.14. The van der Waals surface area contributed by atoms with E-state index in [2.05, 4.69) is 35.2 Å². The third-order valence-electron chi connectivity index (χ3n) is 2.98. The average molecular weight is 206 g/mol. The number of benzene rings is 1. The van der Waals surface area contributed by atoms with E-state index in [1.54, 1.807) is 0 Å². The first-order valence-electron chi connectivity index (χ1n) is 5.50. The monoisotopic (exact) mass is 206 g/mol. The highest BCUT2D eigenvalue weighted by atomic mass is 16.6. The first kappa shape index (κ1) is 10.6. The number of rotatable bonds is 3. The van der Waals surface area contributed by atoms with Crippen LogP contribution in [0.25, 0.3) is 0 Å². The van der Waals surface area contributed by atoms with E-state index in [0.717, 1.165) is 32.5 Å². The summed E-state index contributed by atoms with van der Waals surface area (Å²) in [4.78, 5) is 7.31. The molecule has 0 aromatic heterocycles. The molecule has 0 bridgehead atoms. The zero-order valence-corrected chi connectivity index (χ0v) is 8.93. The highest BCUT2D eigenvalue weighted by Crippen LogP contribution is 2.14. The van der Waals surface area contributed by atoms with Crippen LogP contribution in [-0.4, -0.2) is 24.1 Å². The Bertz CT molecular complexity index is 281. The van der Waals surface area contributed by atoms with Crippen molar-refractivity contribution >= 4 is 0 Å². The van der Waals surface area contributed by atoms with Gasteiger partial charge in [0.1, 0.15) is 0 Å². The zero-order chi connectivity index (χ0) is 10.5. The lowest BCUT2D eigenvalue weighted by molar-refractivity contribution is 0.00494. The van der Waals surface area contributed by atoms with E-state index in [0.29, 0.717) is 0 Å². The Hall–Kier alpha value is -0.900. The average Bonchev–Trinajstić information content (AvgIpc) is 2.31. The maximum absolute atomic E-state index is 5.18. The molecule has 1 aromatic carbocycles. The molecule has 0 unspecified atom stereocenters. The molecule has 1 aliphatic rings. The Labute approximate surface area is 90.8 Å². The van der Waals surface area contributed by atoms with Crippen LogP contribution in [0.4, 0.5) is 0 Å². The molecule has 3 nitrogen and oxygen atoms in total. The number of piperidine rings is 1. The largest absolute Gasteiger partial charge is 0.301 e. The lowest BCUT2D eigenvalue weighted by atomic mass is 10.1. The Morgan fingerprint density at radius 2 is 1.87 bits per heavy atom. The molecule has 1 saturated heterocycles. The van der Waals surface area contributed by atoms with Crippen LogP contribution in [0.5, 0.6) is 0 Å². The van der Waals surface area contributed by atoms with Crippen LogP contribution >= 0.6 is 0 Å². The summed E-state index contributed by atoms with van der Waals surface area (Å²) in [6.07, 6.45) is 2.35. The van der Waals surface area contributed by atoms with Gasteiger partial charge < -0.3 is 4.84 Å². The smallest absolute Gasteiger partial charge is 0.0811 e. The molecule has 1 aromatic rings. The first-order chi connectivity index (χ1) is 7.38. The van der Waals surface area contributed by atoms with E-state index in [9.17, 15) is 0 Å². The summed E-state index contributed by atoms with van der Waals surface area (Å²) in [5.41, 5.74) is 1.38. The minimum Gasteiger partial charge on any atom is -0.301 e. The van der Waals surface area contributed by atoms with Crippen molar-refractivity contribution in [1.82, 2.24) is 4.90 Å². The van der Waals surface area contributed by atoms with E-state index in [4.69, 9.17) is 10.7 Å². The molecule has 3 heteroatoms. The van der Waals surface area contributed by atoms with Crippen molar-refractivity contribution in [3.05, 3.63) is 35.9 Å². The Morgan fingerprint density at radius 1 is 1.20 bits per heavy atom. The fraction of sp³-hybridized carbons (Fsp3) is 0.500. The van der Waals surface area contributed by atoms with Gasteiger partial charge in [-0.05, 0) is 18.4 Å². The van der Waals surface area contributed by atoms with Crippen molar-refractivity contribution < 1.29 is 4.84 Å². The summed E-state index contributed by atoms with van der Waals surface area (Å²) < 4.78 is 0. The molecule has 15 heavy (non-hydrogen) atoms. The van der Waals surface area contributed by atoms with Crippen LogP contribution in [0.3, 0.4) is 0 Å². The van der Waals surface area contributed by atoms with Crippen molar-refractivity contribution in [2.75, 3.05) is 13.1 Å². The lowest BCUT2D eigenvalue weighted by Gasteiger charge is -2.30. The SMILES string of the molecule is NOC1CCN(Cc2ccccc2)CC1. The molecule has 82 valence electrons. The molecule has 2 N–H and O–H groups in total. The summed E-state index contributed by atoms with van der Waals surface area (Å²) in [6.45, 7) is 3.20. The number of hydrogen-bond donors (Lipinski definition) is 1. The molecule has 1 aliphatic heterocycles. The number of nitrogens with zero attached hydrogens (tertiary/aromatic N) is 1. The predicted octanol–water partition coefficient (Wildman–Crippen LogP) is 1.54. The van der Waals surface area contributed by atoms with E-state index in [1.165, 1.54) is 5.56 Å². The van der Waals surface area contributed by atoms with Gasteiger partial charge in [-0.15, -0.1) is 0 Å². The van der Waals surface area contributed by atoms with Crippen molar-refractivity contribution in [2.24, 2.45) is 5.90 Å². The van der Waals surface area contributed by atoms with Crippen LogP contribution in [0.1, 0.15) is 18.4 Å². The third kappa shape index (κ3) is 3.02. The Kier molecular flexibility index (Phi) is 3.72. The molecule has 0 aliphatic carbocycles. The van der Waals surface area contributed by atoms with Gasteiger partial charge in [0.25, 0.3) is 0 Å². The van der Waals surface area contributed by atoms with Crippen LogP contribution in [0, 0.1) is 0 Å². The molecule has 0 amide bonds. The van der Waals surface area contributed by atoms with Crippen molar-refractivity contribution in [3.63, 3.8) is 0 Å². The zero-order valence-electron chi connectivity index (χ0n) is 8.93. The van der Waals surface area contributed by atoms with Gasteiger partial charge in [0, 0.05) is 19.6 Å². The second-order valence-electron chi connectivity index (χ2n) is 4.10. The molecule has 0 spiro atoms. The molecule has 2 rings (SSSR count). The van der Waals surface area contributed by atoms with Crippen molar-refractivity contribution in [2.45, 2.75) is 25.5 Å². The maximum Gasteiger partial charge on any atom is 0.0811 e. The molecule has 0 atom stereocenters. The number of likely N-dealkylation sites (tertiary alicyclic amines) is 1. The highest BCUT2D eigenvalue weighted by Gasteiger charge is 2.18. The number of nitrogens with two attached hydrogens (primary N) is 1. The van der Waals surface area contributed by atoms with E-state index >= 15 is 0 Å². The predicted molar refractivity (Wildman–Crippen MR) is 60.0 cm³/mol. The van der Waals surface area contributed by atoms with E-state index in [-0.39, 0.29) is 6.10 Å². The van der Waals surface area contributed by atoms with Crippen LogP contribution in [0.15, 0.2) is 30.3 Å². The second kappa shape index (κ2) is 5.26. The second-order valence-corrected chi connectivity index (χ2v) is 4.10. The quantitative estimate of drug-likeness (QED) is 0.762. The van der Waals surface area contributed by atoms with Gasteiger partial charge in [0.15, 0.2) is 0 Å². The van der Waals surface area contributed by atoms with Crippen LogP contribution in [0.2, 0.25) is 0 Å². The van der Waals surface area contributed by atoms with Crippen LogP contribution < -0.4 is 5.90 Å². The summed E-state index contributed by atoms with van der Waals surface area (Å²) >= 11 is 0. The normalized spacial score (nSPS) is 19.3. The van der Waals surface area contributed by atoms with Gasteiger partial charge in [0.2, 0.25) is 0 Å². The maximum atomic E-state index is 5.18. The fourth-order valence-electron chi connectivity index (χ4n) is 2.05. The summed E-state index contributed by atoms with van der Waals surface area (Å²) in [5.74, 6) is 5.18. The topological polar surface area (TPSA) is 38.5 Å². The summed E-state index contributed by atoms with van der Waals surface area (Å²) in [5, 5.41) is 0. The van der Waals surface area contributed by atoms with Gasteiger partial charge in [-0.25, -0.2) is 5.90 Å². The lowest BCUT2D eigenvalue weighted by Crippen LogP contribution is -2.37. The van der Waals surface area contributed by atoms with Gasteiger partial charge in [-0.1, -0.05) is 30.3 Å². The Morgan fingerprint density at radius 3 is 2.47 bits per heavy atom. The third-order valence-corrected chi connectivity index (χ3v) is 2.98. The van der Waals surface area contributed by atoms with E-state index in [1.807, 2.05) is 0 Å². The van der Waals surface area contributed by atoms with E-state index < -0.39 is 0 Å². The van der Waals surface area contributed by atoms with Gasteiger partial charge in [-0.3, -0.25) is 4.90 Å². The van der Waals surface area contributed by atoms with Gasteiger partial charge >= 0.3 is 0 Å². The van der Waals surface area contributed by atoms with Crippen molar-refractivity contribution in [3.8, 4) is 0 Å². The summed E-state index contributed by atoms with van der Waals surface area (Å²) in [7, 11) is 0. The number of hydrogen-bond acceptors (Lipinski definition) is 3. The molecule has 0 saturated carbocycles. The minimum absolute atomic E-state index is 0.261. The molecule has 1 fully saturated rings. The molecule has 1 heterocycles. The van der Waals surface area contributed by atoms with Crippen LogP contribution in [-0.2, 0) is 11.4 Å². The van der Waals surface area contributed by atoms with Crippen molar-refractivity contribution in [1.29, 1.82) is 0 Å². The Balaban J connectivity index is 1.82. The summed E-state index contributed by atoms with van der Waals surface area (Å²) in [6, 6.07) is 10.6.